The molecule has 0 unspecified atom stereocenters. The fourth-order valence-electron chi connectivity index (χ4n) is 2.09. The molecule has 3 N–H and O–H groups in total. The maximum atomic E-state index is 12.4. The van der Waals surface area contributed by atoms with Crippen molar-refractivity contribution in [1.82, 2.24) is 20.0 Å². The quantitative estimate of drug-likeness (QED) is 0.716. The van der Waals surface area contributed by atoms with Gasteiger partial charge >= 0.3 is 0 Å². The molecule has 0 spiro atoms. The number of aromatic amines is 1. The van der Waals surface area contributed by atoms with Gasteiger partial charge in [-0.3, -0.25) is 0 Å². The molecule has 0 radical (unpaired) electrons. The first-order valence-corrected chi connectivity index (χ1v) is 8.42. The van der Waals surface area contributed by atoms with E-state index < -0.39 is 10.0 Å². The molecule has 1 aliphatic rings. The summed E-state index contributed by atoms with van der Waals surface area (Å²) in [4.78, 5) is 7.07. The van der Waals surface area contributed by atoms with Crippen LogP contribution in [0.15, 0.2) is 41.7 Å². The zero-order valence-corrected chi connectivity index (χ0v) is 12.4. The molecule has 112 valence electrons. The first kappa shape index (κ1) is 14.2. The van der Waals surface area contributed by atoms with Crippen LogP contribution in [0.2, 0.25) is 0 Å². The Morgan fingerprint density at radius 3 is 2.76 bits per heavy atom. The van der Waals surface area contributed by atoms with Crippen molar-refractivity contribution in [3.63, 3.8) is 0 Å². The molecule has 7 heteroatoms. The fourth-order valence-corrected chi connectivity index (χ4v) is 3.33. The minimum atomic E-state index is -3.53. The van der Waals surface area contributed by atoms with Crippen molar-refractivity contribution >= 4 is 10.0 Å². The highest BCUT2D eigenvalue weighted by Gasteiger charge is 2.22. The Morgan fingerprint density at radius 2 is 2.05 bits per heavy atom. The lowest BCUT2D eigenvalue weighted by molar-refractivity contribution is 0.577. The number of imidazole rings is 1. The molecule has 0 aliphatic heterocycles. The van der Waals surface area contributed by atoms with Gasteiger partial charge in [-0.05, 0) is 24.5 Å². The Labute approximate surface area is 124 Å². The molecular formula is C14H18N4O2S. The lowest BCUT2D eigenvalue weighted by Gasteiger charge is -2.11. The van der Waals surface area contributed by atoms with E-state index in [2.05, 4.69) is 20.0 Å². The van der Waals surface area contributed by atoms with E-state index in [4.69, 9.17) is 0 Å². The van der Waals surface area contributed by atoms with Gasteiger partial charge in [-0.2, -0.15) is 0 Å². The molecule has 1 saturated carbocycles. The molecule has 0 saturated heterocycles. The van der Waals surface area contributed by atoms with Crippen LogP contribution in [0.1, 0.15) is 24.1 Å². The number of hydrogen-bond acceptors (Lipinski definition) is 4. The highest BCUT2D eigenvalue weighted by molar-refractivity contribution is 7.89. The van der Waals surface area contributed by atoms with Crippen molar-refractivity contribution in [3.05, 3.63) is 48.0 Å². The van der Waals surface area contributed by atoms with Crippen molar-refractivity contribution in [2.75, 3.05) is 0 Å². The molecule has 6 nitrogen and oxygen atoms in total. The van der Waals surface area contributed by atoms with Crippen LogP contribution in [0.3, 0.4) is 0 Å². The van der Waals surface area contributed by atoms with Crippen molar-refractivity contribution in [2.24, 2.45) is 0 Å². The summed E-state index contributed by atoms with van der Waals surface area (Å²) < 4.78 is 27.5. The second kappa shape index (κ2) is 5.97. The maximum absolute atomic E-state index is 12.4. The smallest absolute Gasteiger partial charge is 0.241 e. The average molecular weight is 306 g/mol. The number of rotatable bonds is 7. The van der Waals surface area contributed by atoms with Crippen molar-refractivity contribution < 1.29 is 8.42 Å². The molecule has 1 aliphatic carbocycles. The van der Waals surface area contributed by atoms with Crippen LogP contribution in [-0.2, 0) is 23.1 Å². The first-order valence-electron chi connectivity index (χ1n) is 6.93. The summed E-state index contributed by atoms with van der Waals surface area (Å²) in [5.74, 6) is 0. The Morgan fingerprint density at radius 1 is 1.24 bits per heavy atom. The summed E-state index contributed by atoms with van der Waals surface area (Å²) in [5.41, 5.74) is 1.52. The van der Waals surface area contributed by atoms with E-state index in [0.717, 1.165) is 11.3 Å². The van der Waals surface area contributed by atoms with Gasteiger partial charge in [0.2, 0.25) is 10.0 Å². The van der Waals surface area contributed by atoms with Crippen LogP contribution in [0.5, 0.6) is 0 Å². The number of nitrogens with zero attached hydrogens (tertiary/aromatic N) is 1. The number of hydrogen-bond donors (Lipinski definition) is 3. The molecule has 1 aromatic carbocycles. The van der Waals surface area contributed by atoms with Gasteiger partial charge in [-0.15, -0.1) is 0 Å². The van der Waals surface area contributed by atoms with Crippen molar-refractivity contribution in [2.45, 2.75) is 36.9 Å². The Bertz CT molecular complexity index is 694. The molecular weight excluding hydrogens is 288 g/mol. The summed E-state index contributed by atoms with van der Waals surface area (Å²) in [6.45, 7) is 0.776. The molecule has 1 aromatic heterocycles. The van der Waals surface area contributed by atoms with Gasteiger partial charge in [-0.25, -0.2) is 18.1 Å². The minimum absolute atomic E-state index is 0.201. The predicted octanol–water partition coefficient (Wildman–Crippen LogP) is 1.14. The third-order valence-corrected chi connectivity index (χ3v) is 4.93. The van der Waals surface area contributed by atoms with Gasteiger partial charge in [0.05, 0.1) is 17.8 Å². The summed E-state index contributed by atoms with van der Waals surface area (Å²) in [6.07, 6.45) is 5.47. The van der Waals surface area contributed by atoms with Gasteiger partial charge in [0.25, 0.3) is 0 Å². The molecule has 21 heavy (non-hydrogen) atoms. The topological polar surface area (TPSA) is 86.9 Å². The average Bonchev–Trinajstić information content (AvgIpc) is 3.17. The predicted molar refractivity (Wildman–Crippen MR) is 78.9 cm³/mol. The van der Waals surface area contributed by atoms with Crippen LogP contribution in [0, 0.1) is 0 Å². The van der Waals surface area contributed by atoms with Gasteiger partial charge in [0, 0.05) is 24.5 Å². The summed E-state index contributed by atoms with van der Waals surface area (Å²) >= 11 is 0. The number of sulfonamides is 1. The van der Waals surface area contributed by atoms with Crippen LogP contribution < -0.4 is 10.0 Å². The van der Waals surface area contributed by atoms with E-state index in [1.807, 2.05) is 12.1 Å². The normalized spacial score (nSPS) is 15.2. The van der Waals surface area contributed by atoms with Crippen LogP contribution in [0.4, 0.5) is 0 Å². The highest BCUT2D eigenvalue weighted by atomic mass is 32.2. The number of nitrogens with one attached hydrogen (secondary N) is 3. The number of H-pyrrole nitrogens is 1. The van der Waals surface area contributed by atoms with E-state index >= 15 is 0 Å². The Balaban J connectivity index is 1.73. The summed E-state index contributed by atoms with van der Waals surface area (Å²) in [5, 5.41) is 3.35. The van der Waals surface area contributed by atoms with E-state index in [0.29, 0.717) is 17.5 Å². The number of aromatic nitrogens is 2. The van der Waals surface area contributed by atoms with Gasteiger partial charge < -0.3 is 10.3 Å². The largest absolute Gasteiger partial charge is 0.347 e. The molecule has 3 rings (SSSR count). The zero-order valence-electron chi connectivity index (χ0n) is 11.5. The third kappa shape index (κ3) is 3.69. The van der Waals surface area contributed by atoms with Crippen LogP contribution >= 0.6 is 0 Å². The number of benzene rings is 1. The van der Waals surface area contributed by atoms with Crippen molar-refractivity contribution in [1.29, 1.82) is 0 Å². The summed E-state index contributed by atoms with van der Waals surface area (Å²) in [7, 11) is -3.53. The monoisotopic (exact) mass is 306 g/mol. The van der Waals surface area contributed by atoms with Crippen LogP contribution in [0.25, 0.3) is 0 Å². The Kier molecular flexibility index (Phi) is 4.05. The van der Waals surface area contributed by atoms with Crippen LogP contribution in [-0.4, -0.2) is 24.4 Å². The van der Waals surface area contributed by atoms with Gasteiger partial charge in [-0.1, -0.05) is 18.2 Å². The minimum Gasteiger partial charge on any atom is -0.347 e. The molecule has 2 aromatic rings. The second-order valence-corrected chi connectivity index (χ2v) is 6.90. The zero-order chi connectivity index (χ0) is 14.7. The van der Waals surface area contributed by atoms with E-state index in [1.165, 1.54) is 19.2 Å². The molecule has 0 atom stereocenters. The standard InChI is InChI=1S/C14H18N4O2S/c19-21(20,18-9-13-8-15-10-17-13)14-4-2-1-3-11(14)7-16-12-5-6-12/h1-4,8,10,12,16,18H,5-7,9H2,(H,15,17). The van der Waals surface area contributed by atoms with E-state index in [1.54, 1.807) is 18.3 Å². The first-order chi connectivity index (χ1) is 10.1. The highest BCUT2D eigenvalue weighted by Crippen LogP contribution is 2.21. The van der Waals surface area contributed by atoms with Gasteiger partial charge in [0.1, 0.15) is 0 Å². The Hall–Kier alpha value is -1.70. The fraction of sp³-hybridized carbons (Fsp3) is 0.357. The molecule has 0 amide bonds. The molecule has 0 bridgehead atoms. The summed E-state index contributed by atoms with van der Waals surface area (Å²) in [6, 6.07) is 7.63. The third-order valence-electron chi connectivity index (χ3n) is 3.43. The maximum Gasteiger partial charge on any atom is 0.241 e. The molecule has 1 fully saturated rings. The van der Waals surface area contributed by atoms with E-state index in [9.17, 15) is 8.42 Å². The second-order valence-electron chi connectivity index (χ2n) is 5.16. The van der Waals surface area contributed by atoms with Gasteiger partial charge in [0.15, 0.2) is 0 Å². The lowest BCUT2D eigenvalue weighted by atomic mass is 10.2. The van der Waals surface area contributed by atoms with E-state index in [-0.39, 0.29) is 6.54 Å². The lowest BCUT2D eigenvalue weighted by Crippen LogP contribution is -2.26. The SMILES string of the molecule is O=S(=O)(NCc1cnc[nH]1)c1ccccc1CNC1CC1. The van der Waals surface area contributed by atoms with Crippen molar-refractivity contribution in [3.8, 4) is 0 Å². The molecule has 1 heterocycles.